The first-order chi connectivity index (χ1) is 14.3. The quantitative estimate of drug-likeness (QED) is 0.550. The number of carbonyl (C=O) groups is 2. The Labute approximate surface area is 177 Å². The third-order valence-electron chi connectivity index (χ3n) is 5.00. The standard InChI is InChI=1S/C20H20ClN3O6/c1-11-14(5-4-6-15(11)24(27)28)22-20(26)12-7-19(25)23(10-12)16-8-13(21)17(29-2)9-18(16)30-3/h4-6,8-9,12H,7,10H2,1-3H3,(H,22,26). The Kier molecular flexibility index (Phi) is 6.12. The van der Waals surface area contributed by atoms with E-state index in [1.165, 1.54) is 31.3 Å². The first-order valence-corrected chi connectivity index (χ1v) is 9.41. The van der Waals surface area contributed by atoms with E-state index in [1.807, 2.05) is 0 Å². The van der Waals surface area contributed by atoms with Gasteiger partial charge < -0.3 is 19.7 Å². The van der Waals surface area contributed by atoms with Gasteiger partial charge in [-0.1, -0.05) is 17.7 Å². The summed E-state index contributed by atoms with van der Waals surface area (Å²) >= 11 is 6.20. The number of nitrogens with one attached hydrogen (secondary N) is 1. The summed E-state index contributed by atoms with van der Waals surface area (Å²) in [5.74, 6) is -0.500. The summed E-state index contributed by atoms with van der Waals surface area (Å²) in [6.07, 6.45) is -0.00733. The van der Waals surface area contributed by atoms with Gasteiger partial charge in [-0.25, -0.2) is 0 Å². The summed E-state index contributed by atoms with van der Waals surface area (Å²) in [7, 11) is 2.93. The number of halogens is 1. The van der Waals surface area contributed by atoms with Crippen molar-refractivity contribution >= 4 is 40.5 Å². The van der Waals surface area contributed by atoms with E-state index in [1.54, 1.807) is 25.1 Å². The van der Waals surface area contributed by atoms with E-state index in [4.69, 9.17) is 21.1 Å². The Morgan fingerprint density at radius 2 is 1.97 bits per heavy atom. The summed E-state index contributed by atoms with van der Waals surface area (Å²) in [4.78, 5) is 37.4. The molecule has 0 spiro atoms. The summed E-state index contributed by atoms with van der Waals surface area (Å²) in [5.41, 5.74) is 1.04. The van der Waals surface area contributed by atoms with Crippen LogP contribution in [0.5, 0.6) is 11.5 Å². The van der Waals surface area contributed by atoms with Gasteiger partial charge in [-0.15, -0.1) is 0 Å². The van der Waals surface area contributed by atoms with Crippen LogP contribution in [0.1, 0.15) is 12.0 Å². The molecular weight excluding hydrogens is 414 g/mol. The number of benzene rings is 2. The SMILES string of the molecule is COc1cc(OC)c(N2CC(C(=O)Nc3cccc([N+](=O)[O-])c3C)CC2=O)cc1Cl. The van der Waals surface area contributed by atoms with E-state index in [0.29, 0.717) is 33.5 Å². The van der Waals surface area contributed by atoms with Crippen LogP contribution < -0.4 is 19.7 Å². The van der Waals surface area contributed by atoms with Gasteiger partial charge in [0.1, 0.15) is 11.5 Å². The predicted octanol–water partition coefficient (Wildman–Crippen LogP) is 3.57. The molecule has 10 heteroatoms. The summed E-state index contributed by atoms with van der Waals surface area (Å²) in [6.45, 7) is 1.68. The van der Waals surface area contributed by atoms with Crippen LogP contribution in [0, 0.1) is 23.0 Å². The van der Waals surface area contributed by atoms with Crippen molar-refractivity contribution in [2.75, 3.05) is 31.0 Å². The highest BCUT2D eigenvalue weighted by atomic mass is 35.5. The van der Waals surface area contributed by atoms with E-state index >= 15 is 0 Å². The molecule has 0 aliphatic carbocycles. The zero-order valence-electron chi connectivity index (χ0n) is 16.6. The Hall–Kier alpha value is -3.33. The van der Waals surface area contributed by atoms with Crippen LogP contribution in [-0.2, 0) is 9.59 Å². The smallest absolute Gasteiger partial charge is 0.274 e. The van der Waals surface area contributed by atoms with Crippen molar-refractivity contribution < 1.29 is 24.0 Å². The normalized spacial score (nSPS) is 15.8. The van der Waals surface area contributed by atoms with Crippen LogP contribution in [0.2, 0.25) is 5.02 Å². The number of nitro groups is 1. The molecule has 1 aliphatic heterocycles. The molecule has 3 rings (SSSR count). The average molecular weight is 434 g/mol. The van der Waals surface area contributed by atoms with E-state index in [0.717, 1.165) is 0 Å². The lowest BCUT2D eigenvalue weighted by molar-refractivity contribution is -0.385. The zero-order chi connectivity index (χ0) is 22.0. The number of nitro benzene ring substituents is 1. The van der Waals surface area contributed by atoms with Gasteiger partial charge in [0, 0.05) is 25.1 Å². The molecule has 1 atom stereocenters. The maximum absolute atomic E-state index is 12.8. The third kappa shape index (κ3) is 4.02. The number of ether oxygens (including phenoxy) is 2. The van der Waals surface area contributed by atoms with Crippen LogP contribution in [0.25, 0.3) is 0 Å². The number of hydrogen-bond acceptors (Lipinski definition) is 6. The maximum Gasteiger partial charge on any atom is 0.274 e. The number of amides is 2. The van der Waals surface area contributed by atoms with Crippen molar-refractivity contribution in [3.63, 3.8) is 0 Å². The van der Waals surface area contributed by atoms with Crippen molar-refractivity contribution in [3.8, 4) is 11.5 Å². The van der Waals surface area contributed by atoms with Crippen LogP contribution in [-0.4, -0.2) is 37.5 Å². The minimum Gasteiger partial charge on any atom is -0.495 e. The van der Waals surface area contributed by atoms with Crippen molar-refractivity contribution in [1.29, 1.82) is 0 Å². The van der Waals surface area contributed by atoms with Crippen molar-refractivity contribution in [2.45, 2.75) is 13.3 Å². The van der Waals surface area contributed by atoms with Crippen molar-refractivity contribution in [3.05, 3.63) is 51.0 Å². The molecular formula is C20H20ClN3O6. The Morgan fingerprint density at radius 1 is 1.27 bits per heavy atom. The molecule has 0 aromatic heterocycles. The van der Waals surface area contributed by atoms with Gasteiger partial charge in [0.05, 0.1) is 47.0 Å². The molecule has 158 valence electrons. The number of carbonyl (C=O) groups excluding carboxylic acids is 2. The molecule has 1 heterocycles. The fraction of sp³-hybridized carbons (Fsp3) is 0.300. The molecule has 0 radical (unpaired) electrons. The summed E-state index contributed by atoms with van der Waals surface area (Å²) in [5, 5.41) is 14.1. The monoisotopic (exact) mass is 433 g/mol. The predicted molar refractivity (Wildman–Crippen MR) is 111 cm³/mol. The lowest BCUT2D eigenvalue weighted by Gasteiger charge is -2.21. The van der Waals surface area contributed by atoms with Crippen LogP contribution >= 0.6 is 11.6 Å². The van der Waals surface area contributed by atoms with Gasteiger partial charge in [0.15, 0.2) is 0 Å². The average Bonchev–Trinajstić information content (AvgIpc) is 3.10. The van der Waals surface area contributed by atoms with E-state index < -0.39 is 16.7 Å². The number of nitrogens with zero attached hydrogens (tertiary/aromatic N) is 2. The summed E-state index contributed by atoms with van der Waals surface area (Å²) in [6, 6.07) is 7.58. The Morgan fingerprint density at radius 3 is 2.60 bits per heavy atom. The molecule has 1 fully saturated rings. The second kappa shape index (κ2) is 8.58. The molecule has 0 bridgehead atoms. The fourth-order valence-corrected chi connectivity index (χ4v) is 3.60. The molecule has 0 saturated carbocycles. The lowest BCUT2D eigenvalue weighted by atomic mass is 10.1. The Balaban J connectivity index is 1.81. The topological polar surface area (TPSA) is 111 Å². The molecule has 1 aliphatic rings. The number of methoxy groups -OCH3 is 2. The molecule has 2 aromatic carbocycles. The van der Waals surface area contributed by atoms with Gasteiger partial charge in [-0.05, 0) is 19.1 Å². The number of rotatable bonds is 6. The van der Waals surface area contributed by atoms with Crippen LogP contribution in [0.4, 0.5) is 17.1 Å². The van der Waals surface area contributed by atoms with Gasteiger partial charge in [-0.3, -0.25) is 19.7 Å². The minimum absolute atomic E-state index is 0.00733. The zero-order valence-corrected chi connectivity index (χ0v) is 17.4. The fourth-order valence-electron chi connectivity index (χ4n) is 3.36. The van der Waals surface area contributed by atoms with Crippen molar-refractivity contribution in [1.82, 2.24) is 0 Å². The van der Waals surface area contributed by atoms with Gasteiger partial charge in [0.25, 0.3) is 5.69 Å². The molecule has 9 nitrogen and oxygen atoms in total. The maximum atomic E-state index is 12.8. The minimum atomic E-state index is -0.637. The second-order valence-corrected chi connectivity index (χ2v) is 7.17. The van der Waals surface area contributed by atoms with E-state index in [-0.39, 0.29) is 24.6 Å². The molecule has 2 amide bonds. The van der Waals surface area contributed by atoms with Gasteiger partial charge >= 0.3 is 0 Å². The molecule has 1 unspecified atom stereocenters. The number of anilines is 2. The molecule has 1 N–H and O–H groups in total. The highest BCUT2D eigenvalue weighted by molar-refractivity contribution is 6.32. The third-order valence-corrected chi connectivity index (χ3v) is 5.30. The molecule has 30 heavy (non-hydrogen) atoms. The number of hydrogen-bond donors (Lipinski definition) is 1. The van der Waals surface area contributed by atoms with E-state index in [2.05, 4.69) is 5.32 Å². The molecule has 1 saturated heterocycles. The second-order valence-electron chi connectivity index (χ2n) is 6.76. The van der Waals surface area contributed by atoms with Crippen LogP contribution in [0.3, 0.4) is 0 Å². The van der Waals surface area contributed by atoms with Crippen LogP contribution in [0.15, 0.2) is 30.3 Å². The van der Waals surface area contributed by atoms with Gasteiger partial charge in [-0.2, -0.15) is 0 Å². The highest BCUT2D eigenvalue weighted by Crippen LogP contribution is 2.40. The lowest BCUT2D eigenvalue weighted by Crippen LogP contribution is -2.28. The van der Waals surface area contributed by atoms with Crippen molar-refractivity contribution in [2.24, 2.45) is 5.92 Å². The van der Waals surface area contributed by atoms with Gasteiger partial charge in [0.2, 0.25) is 11.8 Å². The highest BCUT2D eigenvalue weighted by Gasteiger charge is 2.37. The first-order valence-electron chi connectivity index (χ1n) is 9.03. The van der Waals surface area contributed by atoms with E-state index in [9.17, 15) is 19.7 Å². The molecule has 2 aromatic rings. The first kappa shape index (κ1) is 21.4. The summed E-state index contributed by atoms with van der Waals surface area (Å²) < 4.78 is 10.5. The Bertz CT molecular complexity index is 1030. The largest absolute Gasteiger partial charge is 0.495 e.